The number of nitrogens with zero attached hydrogens (tertiary/aromatic N) is 1. The predicted molar refractivity (Wildman–Crippen MR) is 54.9 cm³/mol. The highest BCUT2D eigenvalue weighted by molar-refractivity contribution is 5.76. The molecule has 0 spiro atoms. The molecule has 0 aromatic heterocycles. The van der Waals surface area contributed by atoms with Crippen molar-refractivity contribution in [2.24, 2.45) is 11.1 Å². The molecule has 0 aromatic rings. The van der Waals surface area contributed by atoms with Crippen LogP contribution in [0, 0.1) is 5.41 Å². The minimum Gasteiger partial charge on any atom is -0.379 e. The highest BCUT2D eigenvalue weighted by Crippen LogP contribution is 2.16. The van der Waals surface area contributed by atoms with Gasteiger partial charge in [0.25, 0.3) is 0 Å². The summed E-state index contributed by atoms with van der Waals surface area (Å²) < 4.78 is 5.25. The maximum Gasteiger partial charge on any atom is 0.224 e. The molecule has 1 aliphatic heterocycles. The van der Waals surface area contributed by atoms with Gasteiger partial charge in [0, 0.05) is 13.1 Å². The minimum atomic E-state index is 0. The molecule has 0 bridgehead atoms. The first-order valence-electron chi connectivity index (χ1n) is 5.11. The molecule has 1 amide bonds. The highest BCUT2D eigenvalue weighted by atomic mass is 16.5. The van der Waals surface area contributed by atoms with E-state index in [1.54, 1.807) is 0 Å². The summed E-state index contributed by atoms with van der Waals surface area (Å²) in [6.07, 6.45) is 0.501. The number of ether oxygens (including phenoxy) is 1. The second-order valence-electron chi connectivity index (χ2n) is 4.55. The van der Waals surface area contributed by atoms with Gasteiger partial charge in [-0.15, -0.1) is 0 Å². The Kier molecular flexibility index (Phi) is 3.89. The molecule has 1 saturated heterocycles. The van der Waals surface area contributed by atoms with Gasteiger partial charge >= 0.3 is 0 Å². The van der Waals surface area contributed by atoms with E-state index in [0.29, 0.717) is 32.7 Å². The third kappa shape index (κ3) is 3.27. The lowest BCUT2D eigenvalue weighted by molar-refractivity contribution is -0.131. The first-order chi connectivity index (χ1) is 6.55. The predicted octanol–water partition coefficient (Wildman–Crippen LogP) is 0.220. The smallest absolute Gasteiger partial charge is 0.224 e. The number of hydrogen-bond acceptors (Lipinski definition) is 3. The quantitative estimate of drug-likeness (QED) is 0.709. The zero-order valence-electron chi connectivity index (χ0n) is 9.08. The summed E-state index contributed by atoms with van der Waals surface area (Å²) in [6, 6.07) is 0. The molecule has 82 valence electrons. The molecule has 2 N–H and O–H groups in total. The van der Waals surface area contributed by atoms with Crippen LogP contribution >= 0.6 is 0 Å². The van der Waals surface area contributed by atoms with E-state index in [9.17, 15) is 4.79 Å². The Bertz CT molecular complexity index is 204. The summed E-state index contributed by atoms with van der Waals surface area (Å²) in [4.78, 5) is 13.5. The van der Waals surface area contributed by atoms with E-state index in [2.05, 4.69) is 13.8 Å². The summed E-state index contributed by atoms with van der Waals surface area (Å²) in [5.74, 6) is 0.184. The summed E-state index contributed by atoms with van der Waals surface area (Å²) in [7, 11) is 0. The lowest BCUT2D eigenvalue weighted by atomic mass is 9.93. The van der Waals surface area contributed by atoms with Crippen LogP contribution in [-0.2, 0) is 9.53 Å². The molecule has 1 rings (SSSR count). The van der Waals surface area contributed by atoms with E-state index in [1.807, 2.05) is 4.90 Å². The monoisotopic (exact) mass is 200 g/mol. The number of carbonyl (C=O) groups is 1. The molecule has 0 aliphatic carbocycles. The maximum atomic E-state index is 11.6. The van der Waals surface area contributed by atoms with Crippen molar-refractivity contribution in [1.82, 2.24) is 4.90 Å². The summed E-state index contributed by atoms with van der Waals surface area (Å²) >= 11 is 0. The molecule has 0 atom stereocenters. The van der Waals surface area contributed by atoms with Crippen LogP contribution in [0.15, 0.2) is 0 Å². The Balaban J connectivity index is 2.52. The molecule has 1 fully saturated rings. The molecule has 4 heteroatoms. The van der Waals surface area contributed by atoms with Gasteiger partial charge in [-0.2, -0.15) is 0 Å². The van der Waals surface area contributed by atoms with Crippen LogP contribution in [0.1, 0.15) is 20.3 Å². The number of amides is 1. The average Bonchev–Trinajstić information content (AvgIpc) is 2.32. The van der Waals surface area contributed by atoms with E-state index >= 15 is 0 Å². The second kappa shape index (κ2) is 4.75. The van der Waals surface area contributed by atoms with Crippen molar-refractivity contribution in [2.45, 2.75) is 20.3 Å². The van der Waals surface area contributed by atoms with Crippen molar-refractivity contribution in [1.29, 1.82) is 0 Å². The fraction of sp³-hybridized carbons (Fsp3) is 0.900. The fourth-order valence-electron chi connectivity index (χ4n) is 1.47. The van der Waals surface area contributed by atoms with Gasteiger partial charge in [-0.3, -0.25) is 4.79 Å². The molecular weight excluding hydrogens is 180 g/mol. The molecule has 0 radical (unpaired) electrons. The zero-order chi connectivity index (χ0) is 10.6. The Morgan fingerprint density at radius 3 is 2.86 bits per heavy atom. The lowest BCUT2D eigenvalue weighted by Gasteiger charge is -2.30. The average molecular weight is 200 g/mol. The third-order valence-corrected chi connectivity index (χ3v) is 2.49. The van der Waals surface area contributed by atoms with Crippen LogP contribution in [0.3, 0.4) is 0 Å². The number of carbonyl (C=O) groups excluding carboxylic acids is 1. The normalized spacial score (nSPS) is 19.6. The van der Waals surface area contributed by atoms with Crippen molar-refractivity contribution in [3.8, 4) is 0 Å². The van der Waals surface area contributed by atoms with E-state index in [4.69, 9.17) is 10.5 Å². The van der Waals surface area contributed by atoms with E-state index in [1.165, 1.54) is 0 Å². The molecule has 1 heterocycles. The van der Waals surface area contributed by atoms with E-state index in [0.717, 1.165) is 6.54 Å². The van der Waals surface area contributed by atoms with Gasteiger partial charge in [-0.1, -0.05) is 13.8 Å². The van der Waals surface area contributed by atoms with Crippen molar-refractivity contribution >= 4 is 5.91 Å². The van der Waals surface area contributed by atoms with Gasteiger partial charge in [0.05, 0.1) is 19.6 Å². The van der Waals surface area contributed by atoms with Crippen LogP contribution in [-0.4, -0.2) is 43.7 Å². The highest BCUT2D eigenvalue weighted by Gasteiger charge is 2.24. The molecule has 14 heavy (non-hydrogen) atoms. The Hall–Kier alpha value is -0.610. The molecule has 4 nitrogen and oxygen atoms in total. The summed E-state index contributed by atoms with van der Waals surface area (Å²) in [5, 5.41) is 0. The van der Waals surface area contributed by atoms with Crippen molar-refractivity contribution < 1.29 is 9.53 Å². The van der Waals surface area contributed by atoms with Gasteiger partial charge in [0.1, 0.15) is 0 Å². The maximum absolute atomic E-state index is 11.6. The number of nitrogens with two attached hydrogens (primary N) is 1. The molecule has 0 aromatic carbocycles. The van der Waals surface area contributed by atoms with Gasteiger partial charge in [0.15, 0.2) is 0 Å². The standard InChI is InChI=1S/C10H20N2O2/c1-10(2,7-11)8-12-4-6-14-5-3-9(12)13/h3-8,11H2,1-2H3. The van der Waals surface area contributed by atoms with Crippen LogP contribution in [0.4, 0.5) is 0 Å². The van der Waals surface area contributed by atoms with Crippen LogP contribution in [0.5, 0.6) is 0 Å². The summed E-state index contributed by atoms with van der Waals surface area (Å²) in [5.41, 5.74) is 5.64. The third-order valence-electron chi connectivity index (χ3n) is 2.49. The first kappa shape index (κ1) is 11.5. The van der Waals surface area contributed by atoms with Gasteiger partial charge in [-0.05, 0) is 12.0 Å². The minimum absolute atomic E-state index is 0. The first-order valence-corrected chi connectivity index (χ1v) is 5.11. The summed E-state index contributed by atoms with van der Waals surface area (Å²) in [6.45, 7) is 7.37. The molecular formula is C10H20N2O2. The zero-order valence-corrected chi connectivity index (χ0v) is 9.08. The van der Waals surface area contributed by atoms with E-state index in [-0.39, 0.29) is 11.3 Å². The topological polar surface area (TPSA) is 55.6 Å². The molecule has 1 aliphatic rings. The van der Waals surface area contributed by atoms with Crippen LogP contribution in [0.25, 0.3) is 0 Å². The van der Waals surface area contributed by atoms with Gasteiger partial charge in [-0.25, -0.2) is 0 Å². The largest absolute Gasteiger partial charge is 0.379 e. The number of hydrogen-bond donors (Lipinski definition) is 1. The Morgan fingerprint density at radius 1 is 1.50 bits per heavy atom. The molecule has 0 saturated carbocycles. The second-order valence-corrected chi connectivity index (χ2v) is 4.55. The SMILES string of the molecule is CC(C)(CN)CN1CCOCCC1=O. The Labute approximate surface area is 85.4 Å². The van der Waals surface area contributed by atoms with Gasteiger partial charge in [0.2, 0.25) is 5.91 Å². The van der Waals surface area contributed by atoms with Crippen molar-refractivity contribution in [3.63, 3.8) is 0 Å². The molecule has 0 unspecified atom stereocenters. The lowest BCUT2D eigenvalue weighted by Crippen LogP contribution is -2.42. The van der Waals surface area contributed by atoms with Crippen LogP contribution < -0.4 is 5.73 Å². The van der Waals surface area contributed by atoms with Crippen molar-refractivity contribution in [3.05, 3.63) is 0 Å². The van der Waals surface area contributed by atoms with Gasteiger partial charge < -0.3 is 15.4 Å². The fourth-order valence-corrected chi connectivity index (χ4v) is 1.47. The van der Waals surface area contributed by atoms with Crippen LogP contribution in [0.2, 0.25) is 0 Å². The Morgan fingerprint density at radius 2 is 2.21 bits per heavy atom. The van der Waals surface area contributed by atoms with Crippen molar-refractivity contribution in [2.75, 3.05) is 32.8 Å². The number of rotatable bonds is 3. The van der Waals surface area contributed by atoms with E-state index < -0.39 is 0 Å².